The summed E-state index contributed by atoms with van der Waals surface area (Å²) in [5.41, 5.74) is 1.51. The van der Waals surface area contributed by atoms with Crippen LogP contribution >= 0.6 is 11.6 Å². The summed E-state index contributed by atoms with van der Waals surface area (Å²) in [4.78, 5) is 25.3. The van der Waals surface area contributed by atoms with Gasteiger partial charge in [-0.05, 0) is 36.8 Å². The molecule has 0 aliphatic carbocycles. The molecule has 1 amide bonds. The molecule has 0 saturated heterocycles. The van der Waals surface area contributed by atoms with Gasteiger partial charge in [0.15, 0.2) is 5.15 Å². The number of ketones is 1. The van der Waals surface area contributed by atoms with Gasteiger partial charge < -0.3 is 0 Å². The number of rotatable bonds is 2. The maximum absolute atomic E-state index is 13.4. The fraction of sp³-hybridized carbons (Fsp3) is 0.143. The summed E-state index contributed by atoms with van der Waals surface area (Å²) in [5, 5.41) is 7.79. The van der Waals surface area contributed by atoms with Crippen molar-refractivity contribution in [2.24, 2.45) is 0 Å². The lowest BCUT2D eigenvalue weighted by Gasteiger charge is -2.17. The number of fused-ring (bicyclic) bond motifs is 1. The van der Waals surface area contributed by atoms with Crippen molar-refractivity contribution in [2.75, 3.05) is 4.90 Å². The van der Waals surface area contributed by atoms with E-state index in [4.69, 9.17) is 11.6 Å². The number of Topliss-reactive ketones (excluding diaryl/α,β-unsaturated/α-hetero) is 1. The van der Waals surface area contributed by atoms with E-state index in [9.17, 15) is 14.0 Å². The minimum Gasteiger partial charge on any atom is -0.298 e. The van der Waals surface area contributed by atoms with Gasteiger partial charge in [-0.3, -0.25) is 14.5 Å². The lowest BCUT2D eigenvalue weighted by atomic mass is 10.1. The molecule has 1 aliphatic heterocycles. The van der Waals surface area contributed by atoms with Gasteiger partial charge in [0.2, 0.25) is 0 Å². The van der Waals surface area contributed by atoms with E-state index in [0.29, 0.717) is 16.9 Å². The quantitative estimate of drug-likeness (QED) is 0.799. The third kappa shape index (κ3) is 2.27. The zero-order chi connectivity index (χ0) is 15.1. The van der Waals surface area contributed by atoms with Gasteiger partial charge in [-0.25, -0.2) is 4.39 Å². The first kappa shape index (κ1) is 13.6. The van der Waals surface area contributed by atoms with Gasteiger partial charge in [-0.15, -0.1) is 5.10 Å². The maximum Gasteiger partial charge on any atom is 0.299 e. The van der Waals surface area contributed by atoms with E-state index in [1.54, 1.807) is 19.1 Å². The fourth-order valence-electron chi connectivity index (χ4n) is 2.35. The molecule has 1 aliphatic rings. The first-order valence-electron chi connectivity index (χ1n) is 6.12. The molecule has 0 fully saturated rings. The average Bonchev–Trinajstić information content (AvgIpc) is 2.67. The predicted molar refractivity (Wildman–Crippen MR) is 73.7 cm³/mol. The highest BCUT2D eigenvalue weighted by Gasteiger charge is 2.37. The Morgan fingerprint density at radius 1 is 1.24 bits per heavy atom. The van der Waals surface area contributed by atoms with Crippen molar-refractivity contribution >= 4 is 29.0 Å². The standard InChI is InChI=1S/C14H9ClFN3O2/c1-7-4-8(16)5-10-12(7)19(14(21)13(10)20)6-9-2-3-11(15)18-17-9/h2-5H,6H2,1H3. The Bertz CT molecular complexity index is 762. The molecule has 3 rings (SSSR count). The second kappa shape index (κ2) is 4.89. The lowest BCUT2D eigenvalue weighted by molar-refractivity contribution is -0.114. The molecule has 0 N–H and O–H groups in total. The number of carbonyl (C=O) groups is 2. The molecule has 7 heteroatoms. The van der Waals surface area contributed by atoms with Crippen LogP contribution in [0.15, 0.2) is 24.3 Å². The van der Waals surface area contributed by atoms with Crippen LogP contribution in [-0.4, -0.2) is 21.9 Å². The van der Waals surface area contributed by atoms with Crippen LogP contribution in [0.4, 0.5) is 10.1 Å². The number of amides is 1. The van der Waals surface area contributed by atoms with Crippen LogP contribution in [0.2, 0.25) is 5.15 Å². The van der Waals surface area contributed by atoms with Gasteiger partial charge in [0, 0.05) is 0 Å². The molecule has 1 aromatic carbocycles. The van der Waals surface area contributed by atoms with Crippen LogP contribution in [0.25, 0.3) is 0 Å². The number of nitrogens with zero attached hydrogens (tertiary/aromatic N) is 3. The summed E-state index contributed by atoms with van der Waals surface area (Å²) in [6.07, 6.45) is 0. The van der Waals surface area contributed by atoms with Gasteiger partial charge in [-0.1, -0.05) is 11.6 Å². The van der Waals surface area contributed by atoms with E-state index < -0.39 is 17.5 Å². The summed E-state index contributed by atoms with van der Waals surface area (Å²) >= 11 is 5.65. The fourth-order valence-corrected chi connectivity index (χ4v) is 2.45. The number of anilines is 1. The minimum atomic E-state index is -0.713. The molecule has 0 radical (unpaired) electrons. The minimum absolute atomic E-state index is 0.0776. The van der Waals surface area contributed by atoms with E-state index in [1.165, 1.54) is 11.0 Å². The largest absolute Gasteiger partial charge is 0.299 e. The third-order valence-electron chi connectivity index (χ3n) is 3.23. The molecule has 5 nitrogen and oxygen atoms in total. The van der Waals surface area contributed by atoms with Crippen LogP contribution in [0.1, 0.15) is 21.6 Å². The van der Waals surface area contributed by atoms with E-state index >= 15 is 0 Å². The van der Waals surface area contributed by atoms with Crippen molar-refractivity contribution < 1.29 is 14.0 Å². The number of hydrogen-bond acceptors (Lipinski definition) is 4. The Kier molecular flexibility index (Phi) is 3.17. The van der Waals surface area contributed by atoms with Crippen molar-refractivity contribution in [1.82, 2.24) is 10.2 Å². The number of hydrogen-bond donors (Lipinski definition) is 0. The highest BCUT2D eigenvalue weighted by atomic mass is 35.5. The topological polar surface area (TPSA) is 63.2 Å². The summed E-state index contributed by atoms with van der Waals surface area (Å²) in [5.74, 6) is -1.95. The highest BCUT2D eigenvalue weighted by molar-refractivity contribution is 6.52. The zero-order valence-electron chi connectivity index (χ0n) is 10.9. The normalized spacial score (nSPS) is 13.8. The van der Waals surface area contributed by atoms with Crippen LogP contribution in [-0.2, 0) is 11.3 Å². The van der Waals surface area contributed by atoms with Gasteiger partial charge in [-0.2, -0.15) is 5.10 Å². The molecular formula is C14H9ClFN3O2. The molecule has 0 bridgehead atoms. The molecule has 2 heterocycles. The molecule has 0 saturated carbocycles. The first-order valence-corrected chi connectivity index (χ1v) is 6.49. The SMILES string of the molecule is Cc1cc(F)cc2c1N(Cc1ccc(Cl)nn1)C(=O)C2=O. The number of benzene rings is 1. The van der Waals surface area contributed by atoms with Crippen molar-refractivity contribution in [3.8, 4) is 0 Å². The summed E-state index contributed by atoms with van der Waals surface area (Å²) in [7, 11) is 0. The second-order valence-electron chi connectivity index (χ2n) is 4.69. The van der Waals surface area contributed by atoms with Gasteiger partial charge >= 0.3 is 0 Å². The molecule has 0 spiro atoms. The van der Waals surface area contributed by atoms with Crippen molar-refractivity contribution in [3.05, 3.63) is 52.1 Å². The number of carbonyl (C=O) groups excluding carboxylic acids is 2. The molecule has 2 aromatic rings. The van der Waals surface area contributed by atoms with Crippen molar-refractivity contribution in [2.45, 2.75) is 13.5 Å². The molecule has 106 valence electrons. The lowest BCUT2D eigenvalue weighted by Crippen LogP contribution is -2.30. The third-order valence-corrected chi connectivity index (χ3v) is 3.43. The highest BCUT2D eigenvalue weighted by Crippen LogP contribution is 2.34. The summed E-state index contributed by atoms with van der Waals surface area (Å²) in [6.45, 7) is 1.72. The van der Waals surface area contributed by atoms with E-state index in [-0.39, 0.29) is 17.3 Å². The van der Waals surface area contributed by atoms with E-state index in [1.807, 2.05) is 0 Å². The average molecular weight is 306 g/mol. The van der Waals surface area contributed by atoms with Crippen LogP contribution < -0.4 is 4.90 Å². The summed E-state index contributed by atoms with van der Waals surface area (Å²) in [6, 6.07) is 5.52. The Hall–Kier alpha value is -2.34. The first-order chi connectivity index (χ1) is 9.97. The molecule has 0 atom stereocenters. The maximum atomic E-state index is 13.4. The van der Waals surface area contributed by atoms with Gasteiger partial charge in [0.1, 0.15) is 5.82 Å². The van der Waals surface area contributed by atoms with Crippen LogP contribution in [0.5, 0.6) is 0 Å². The molecule has 21 heavy (non-hydrogen) atoms. The van der Waals surface area contributed by atoms with Crippen molar-refractivity contribution in [1.29, 1.82) is 0 Å². The Morgan fingerprint density at radius 3 is 2.67 bits per heavy atom. The molecule has 1 aromatic heterocycles. The van der Waals surface area contributed by atoms with Crippen molar-refractivity contribution in [3.63, 3.8) is 0 Å². The molecule has 0 unspecified atom stereocenters. The second-order valence-corrected chi connectivity index (χ2v) is 5.07. The van der Waals surface area contributed by atoms with E-state index in [0.717, 1.165) is 6.07 Å². The van der Waals surface area contributed by atoms with E-state index in [2.05, 4.69) is 10.2 Å². The monoisotopic (exact) mass is 305 g/mol. The Morgan fingerprint density at radius 2 is 2.00 bits per heavy atom. The zero-order valence-corrected chi connectivity index (χ0v) is 11.7. The van der Waals surface area contributed by atoms with Gasteiger partial charge in [0.25, 0.3) is 11.7 Å². The van der Waals surface area contributed by atoms with Crippen LogP contribution in [0, 0.1) is 12.7 Å². The predicted octanol–water partition coefficient (Wildman–Crippen LogP) is 2.31. The number of halogens is 2. The Labute approximate surface area is 124 Å². The summed E-state index contributed by atoms with van der Waals surface area (Å²) < 4.78 is 13.4. The smallest absolute Gasteiger partial charge is 0.298 e. The van der Waals surface area contributed by atoms with Gasteiger partial charge in [0.05, 0.1) is 23.5 Å². The number of aromatic nitrogens is 2. The Balaban J connectivity index is 2.03. The van der Waals surface area contributed by atoms with Crippen LogP contribution in [0.3, 0.4) is 0 Å². The molecular weight excluding hydrogens is 297 g/mol. The number of aryl methyl sites for hydroxylation is 1.